The number of rotatable bonds is 0. The van der Waals surface area contributed by atoms with Gasteiger partial charge in [-0.3, -0.25) is 5.73 Å². The second kappa shape index (κ2) is 1.22. The summed E-state index contributed by atoms with van der Waals surface area (Å²) in [4.78, 5) is 3.49. The zero-order valence-electron chi connectivity index (χ0n) is 2.88. The van der Waals surface area contributed by atoms with E-state index in [0.717, 1.165) is 11.5 Å². The van der Waals surface area contributed by atoms with Gasteiger partial charge in [-0.1, -0.05) is 0 Å². The molecule has 0 spiro atoms. The molecule has 0 unspecified atom stereocenters. The van der Waals surface area contributed by atoms with Crippen molar-refractivity contribution in [2.24, 2.45) is 0 Å². The van der Waals surface area contributed by atoms with Crippen molar-refractivity contribution in [1.29, 1.82) is 0 Å². The Morgan fingerprint density at radius 1 is 1.83 bits per heavy atom. The Morgan fingerprint density at radius 2 is 2.67 bits per heavy atom. The molecule has 0 aliphatic rings. The van der Waals surface area contributed by atoms with Crippen molar-refractivity contribution in [3.05, 3.63) is 6.33 Å². The third kappa shape index (κ3) is 0.463. The molecule has 0 saturated carbocycles. The van der Waals surface area contributed by atoms with Gasteiger partial charge in [0.15, 0.2) is 0 Å². The molecule has 0 atom stereocenters. The molecule has 0 aliphatic carbocycles. The molecule has 0 aliphatic heterocycles. The van der Waals surface area contributed by atoms with Gasteiger partial charge >= 0.3 is 0 Å². The maximum absolute atomic E-state index is 6.72. The maximum Gasteiger partial charge on any atom is 0.221 e. The van der Waals surface area contributed by atoms with Crippen LogP contribution >= 0.6 is 11.5 Å². The first-order valence-electron chi connectivity index (χ1n) is 1.38. The molecule has 31 valence electrons. The van der Waals surface area contributed by atoms with Gasteiger partial charge in [-0.05, 0) is 0 Å². The lowest BCUT2D eigenvalue weighted by Gasteiger charge is -1.61. The van der Waals surface area contributed by atoms with Gasteiger partial charge in [-0.25, -0.2) is 4.98 Å². The highest BCUT2D eigenvalue weighted by Gasteiger charge is 1.80. The minimum absolute atomic E-state index is 0.273. The van der Waals surface area contributed by atoms with E-state index in [2.05, 4.69) is 9.36 Å². The molecule has 3 nitrogen and oxygen atoms in total. The fourth-order valence-electron chi connectivity index (χ4n) is 0.173. The molecule has 0 amide bonds. The zero-order chi connectivity index (χ0) is 4.41. The molecule has 0 aromatic carbocycles. The van der Waals surface area contributed by atoms with Crippen molar-refractivity contribution in [2.45, 2.75) is 0 Å². The highest BCUT2D eigenvalue weighted by molar-refractivity contribution is 7.09. The number of nitrogens with zero attached hydrogens (tertiary/aromatic N) is 2. The summed E-state index contributed by atoms with van der Waals surface area (Å²) in [5, 5.41) is 0.273. The second-order valence-electron chi connectivity index (χ2n) is 0.746. The zero-order valence-corrected chi connectivity index (χ0v) is 3.70. The molecule has 0 bridgehead atoms. The van der Waals surface area contributed by atoms with Gasteiger partial charge in [-0.15, -0.1) is 0 Å². The van der Waals surface area contributed by atoms with E-state index in [1.165, 1.54) is 6.33 Å². The Balaban J connectivity index is 3.05. The molecule has 4 heteroatoms. The Hall–Kier alpha value is -0.640. The minimum Gasteiger partial charge on any atom is -0.272 e. The lowest BCUT2D eigenvalue weighted by molar-refractivity contribution is 1.29. The predicted molar refractivity (Wildman–Crippen MR) is 22.7 cm³/mol. The number of aromatic nitrogens is 2. The molecule has 1 aromatic heterocycles. The van der Waals surface area contributed by atoms with Crippen LogP contribution in [-0.4, -0.2) is 9.36 Å². The molecule has 1 rings (SSSR count). The van der Waals surface area contributed by atoms with Crippen LogP contribution in [0.1, 0.15) is 0 Å². The van der Waals surface area contributed by atoms with Crippen molar-refractivity contribution < 1.29 is 0 Å². The highest BCUT2D eigenvalue weighted by Crippen LogP contribution is 1.99. The summed E-state index contributed by atoms with van der Waals surface area (Å²) < 4.78 is 3.56. The average Bonchev–Trinajstić information content (AvgIpc) is 1.86. The second-order valence-corrected chi connectivity index (χ2v) is 1.53. The van der Waals surface area contributed by atoms with Crippen molar-refractivity contribution in [3.63, 3.8) is 0 Å². The van der Waals surface area contributed by atoms with Gasteiger partial charge in [0.1, 0.15) is 6.33 Å². The van der Waals surface area contributed by atoms with E-state index in [1.807, 2.05) is 0 Å². The summed E-state index contributed by atoms with van der Waals surface area (Å²) in [6, 6.07) is 0. The van der Waals surface area contributed by atoms with Crippen LogP contribution in [0.3, 0.4) is 0 Å². The molecule has 0 saturated heterocycles. The van der Waals surface area contributed by atoms with Crippen LogP contribution < -0.4 is 5.73 Å². The Bertz CT molecular complexity index is 112. The standard InChI is InChI=1S/C2H2N3S/c3-2-4-1-5-6-2/h1,3H. The highest BCUT2D eigenvalue weighted by atomic mass is 32.1. The molecule has 1 aromatic rings. The predicted octanol–water partition coefficient (Wildman–Crippen LogP) is 0.452. The number of hydrogen-bond donors (Lipinski definition) is 0. The molecular weight excluding hydrogens is 98.1 g/mol. The number of nitrogens with one attached hydrogen (secondary N) is 1. The summed E-state index contributed by atoms with van der Waals surface area (Å²) in [6.07, 6.45) is 1.37. The fraction of sp³-hybridized carbons (Fsp3) is 0. The van der Waals surface area contributed by atoms with E-state index >= 15 is 0 Å². The summed E-state index contributed by atoms with van der Waals surface area (Å²) in [5.41, 5.74) is 6.72. The first-order chi connectivity index (χ1) is 2.89. The SMILES string of the molecule is [NH]c1ncns1. The van der Waals surface area contributed by atoms with E-state index in [1.54, 1.807) is 0 Å². The minimum atomic E-state index is 0.273. The smallest absolute Gasteiger partial charge is 0.221 e. The number of hydrogen-bond acceptors (Lipinski definition) is 3. The van der Waals surface area contributed by atoms with Gasteiger partial charge in [0.2, 0.25) is 5.13 Å². The van der Waals surface area contributed by atoms with Gasteiger partial charge in [0.25, 0.3) is 0 Å². The third-order valence-corrected chi connectivity index (χ3v) is 0.839. The molecule has 1 heterocycles. The topological polar surface area (TPSA) is 49.6 Å². The van der Waals surface area contributed by atoms with Crippen LogP contribution in [0.4, 0.5) is 5.13 Å². The molecule has 1 radical (unpaired) electrons. The summed E-state index contributed by atoms with van der Waals surface area (Å²) >= 11 is 1.08. The average molecular weight is 100 g/mol. The summed E-state index contributed by atoms with van der Waals surface area (Å²) in [5.74, 6) is 0. The van der Waals surface area contributed by atoms with Gasteiger partial charge in [-0.2, -0.15) is 4.37 Å². The van der Waals surface area contributed by atoms with Crippen LogP contribution in [0.25, 0.3) is 0 Å². The van der Waals surface area contributed by atoms with Crippen molar-refractivity contribution in [3.8, 4) is 0 Å². The third-order valence-electron chi connectivity index (χ3n) is 0.361. The molecular formula is C2H2N3S. The van der Waals surface area contributed by atoms with Crippen LogP contribution in [0, 0.1) is 0 Å². The van der Waals surface area contributed by atoms with Crippen LogP contribution in [0.15, 0.2) is 6.33 Å². The van der Waals surface area contributed by atoms with Crippen molar-refractivity contribution >= 4 is 16.7 Å². The van der Waals surface area contributed by atoms with E-state index in [4.69, 9.17) is 5.73 Å². The lowest BCUT2D eigenvalue weighted by atomic mass is 11.2. The summed E-state index contributed by atoms with van der Waals surface area (Å²) in [6.45, 7) is 0. The fourth-order valence-corrected chi connectivity index (χ4v) is 0.461. The first-order valence-corrected chi connectivity index (χ1v) is 2.15. The Morgan fingerprint density at radius 3 is 2.83 bits per heavy atom. The van der Waals surface area contributed by atoms with Crippen LogP contribution in [0.5, 0.6) is 0 Å². The Kier molecular flexibility index (Phi) is 0.719. The van der Waals surface area contributed by atoms with Gasteiger partial charge in [0, 0.05) is 11.5 Å². The van der Waals surface area contributed by atoms with E-state index in [9.17, 15) is 0 Å². The summed E-state index contributed by atoms with van der Waals surface area (Å²) in [7, 11) is 0. The van der Waals surface area contributed by atoms with E-state index in [-0.39, 0.29) is 5.13 Å². The van der Waals surface area contributed by atoms with Crippen molar-refractivity contribution in [2.75, 3.05) is 0 Å². The van der Waals surface area contributed by atoms with Crippen LogP contribution in [0.2, 0.25) is 0 Å². The van der Waals surface area contributed by atoms with Crippen LogP contribution in [-0.2, 0) is 0 Å². The first kappa shape index (κ1) is 3.55. The Labute approximate surface area is 39.0 Å². The normalized spacial score (nSPS) is 8.67. The largest absolute Gasteiger partial charge is 0.272 e. The van der Waals surface area contributed by atoms with E-state index in [0.29, 0.717) is 0 Å². The van der Waals surface area contributed by atoms with Crippen molar-refractivity contribution in [1.82, 2.24) is 15.1 Å². The monoisotopic (exact) mass is 100.0 g/mol. The van der Waals surface area contributed by atoms with Gasteiger partial charge in [0.05, 0.1) is 0 Å². The lowest BCUT2D eigenvalue weighted by Crippen LogP contribution is -1.56. The molecule has 0 fully saturated rings. The molecule has 1 N–H and O–H groups in total. The maximum atomic E-state index is 6.72. The quantitative estimate of drug-likeness (QED) is 0.475. The van der Waals surface area contributed by atoms with E-state index < -0.39 is 0 Å². The van der Waals surface area contributed by atoms with Gasteiger partial charge < -0.3 is 0 Å². The molecule has 6 heavy (non-hydrogen) atoms.